The first-order valence-electron chi connectivity index (χ1n) is 8.11. The first kappa shape index (κ1) is 20.7. The van der Waals surface area contributed by atoms with Crippen LogP contribution in [0, 0.1) is 5.92 Å². The van der Waals surface area contributed by atoms with Crippen molar-refractivity contribution in [3.63, 3.8) is 0 Å². The van der Waals surface area contributed by atoms with E-state index in [2.05, 4.69) is 5.32 Å². The summed E-state index contributed by atoms with van der Waals surface area (Å²) in [5.74, 6) is -0.427. The van der Waals surface area contributed by atoms with Gasteiger partial charge in [-0.25, -0.2) is 8.42 Å². The molecule has 0 saturated heterocycles. The Bertz CT molecular complexity index is 778. The third-order valence-electron chi connectivity index (χ3n) is 4.52. The van der Waals surface area contributed by atoms with Crippen LogP contribution >= 0.6 is 0 Å². The molecule has 6 nitrogen and oxygen atoms in total. The van der Waals surface area contributed by atoms with Crippen molar-refractivity contribution in [3.05, 3.63) is 29.8 Å². The molecule has 1 aromatic carbocycles. The van der Waals surface area contributed by atoms with Gasteiger partial charge in [-0.05, 0) is 44.7 Å². The van der Waals surface area contributed by atoms with Crippen molar-refractivity contribution < 1.29 is 26.4 Å². The standard InChI is InChI=1S/C16H22F3N3O3S/c1-10(14(23)21-15(2,9-20)11-7-8-11)22-26(24,25)13-6-4-3-5-12(13)16(17,18)19/h3-6,10-11,22H,7-9,20H2,1-2H3,(H,21,23). The molecule has 0 radical (unpaired) electrons. The number of hydrogen-bond donors (Lipinski definition) is 3. The Morgan fingerprint density at radius 2 is 1.88 bits per heavy atom. The van der Waals surface area contributed by atoms with Crippen molar-refractivity contribution in [1.82, 2.24) is 10.0 Å². The monoisotopic (exact) mass is 393 g/mol. The van der Waals surface area contributed by atoms with Crippen LogP contribution in [-0.4, -0.2) is 32.5 Å². The number of hydrogen-bond acceptors (Lipinski definition) is 4. The fourth-order valence-corrected chi connectivity index (χ4v) is 4.15. The van der Waals surface area contributed by atoms with Gasteiger partial charge in [-0.3, -0.25) is 4.79 Å². The zero-order valence-corrected chi connectivity index (χ0v) is 15.2. The van der Waals surface area contributed by atoms with Crippen LogP contribution in [0.5, 0.6) is 0 Å². The van der Waals surface area contributed by atoms with Crippen LogP contribution < -0.4 is 15.8 Å². The molecule has 1 aliphatic carbocycles. The van der Waals surface area contributed by atoms with Gasteiger partial charge < -0.3 is 11.1 Å². The fourth-order valence-electron chi connectivity index (χ4n) is 2.71. The summed E-state index contributed by atoms with van der Waals surface area (Å²) in [7, 11) is -4.55. The molecule has 0 aliphatic heterocycles. The zero-order chi connectivity index (χ0) is 19.8. The Kier molecular flexibility index (Phi) is 5.69. The number of benzene rings is 1. The second-order valence-electron chi connectivity index (χ2n) is 6.72. The van der Waals surface area contributed by atoms with E-state index in [1.54, 1.807) is 6.92 Å². The van der Waals surface area contributed by atoms with Crippen LogP contribution in [0.2, 0.25) is 0 Å². The summed E-state index contributed by atoms with van der Waals surface area (Å²) in [4.78, 5) is 11.4. The van der Waals surface area contributed by atoms with Crippen molar-refractivity contribution in [2.24, 2.45) is 11.7 Å². The zero-order valence-electron chi connectivity index (χ0n) is 14.4. The third-order valence-corrected chi connectivity index (χ3v) is 6.12. The Morgan fingerprint density at radius 3 is 2.38 bits per heavy atom. The predicted octanol–water partition coefficient (Wildman–Crippen LogP) is 1.62. The van der Waals surface area contributed by atoms with Crippen molar-refractivity contribution in [1.29, 1.82) is 0 Å². The number of nitrogens with one attached hydrogen (secondary N) is 2. The molecule has 26 heavy (non-hydrogen) atoms. The van der Waals surface area contributed by atoms with Gasteiger partial charge in [-0.15, -0.1) is 0 Å². The summed E-state index contributed by atoms with van der Waals surface area (Å²) in [5, 5.41) is 2.71. The van der Waals surface area contributed by atoms with E-state index in [4.69, 9.17) is 5.73 Å². The van der Waals surface area contributed by atoms with Crippen LogP contribution in [0.15, 0.2) is 29.2 Å². The molecule has 146 valence electrons. The number of rotatable bonds is 7. The lowest BCUT2D eigenvalue weighted by atomic mass is 9.95. The van der Waals surface area contributed by atoms with Crippen LogP contribution in [0.25, 0.3) is 0 Å². The maximum absolute atomic E-state index is 13.1. The molecule has 1 aliphatic rings. The molecular weight excluding hydrogens is 371 g/mol. The first-order chi connectivity index (χ1) is 11.9. The number of amides is 1. The number of carbonyl (C=O) groups is 1. The summed E-state index contributed by atoms with van der Waals surface area (Å²) >= 11 is 0. The third kappa shape index (κ3) is 4.54. The molecule has 2 unspecified atom stereocenters. The molecule has 1 amide bonds. The lowest BCUT2D eigenvalue weighted by Gasteiger charge is -2.31. The van der Waals surface area contributed by atoms with E-state index in [9.17, 15) is 26.4 Å². The van der Waals surface area contributed by atoms with Crippen molar-refractivity contribution in [2.75, 3.05) is 6.54 Å². The Morgan fingerprint density at radius 1 is 1.31 bits per heavy atom. The van der Waals surface area contributed by atoms with Crippen LogP contribution in [0.1, 0.15) is 32.3 Å². The summed E-state index contributed by atoms with van der Waals surface area (Å²) in [6.07, 6.45) is -3.01. The molecule has 0 heterocycles. The fraction of sp³-hybridized carbons (Fsp3) is 0.562. The lowest BCUT2D eigenvalue weighted by molar-refractivity contribution is -0.139. The molecule has 1 fully saturated rings. The largest absolute Gasteiger partial charge is 0.417 e. The lowest BCUT2D eigenvalue weighted by Crippen LogP contribution is -2.57. The molecule has 2 rings (SSSR count). The van der Waals surface area contributed by atoms with Crippen LogP contribution in [0.4, 0.5) is 13.2 Å². The average molecular weight is 393 g/mol. The van der Waals surface area contributed by atoms with Gasteiger partial charge >= 0.3 is 6.18 Å². The quantitative estimate of drug-likeness (QED) is 0.655. The maximum atomic E-state index is 13.1. The van der Waals surface area contributed by atoms with E-state index in [0.717, 1.165) is 25.0 Å². The Hall–Kier alpha value is -1.65. The summed E-state index contributed by atoms with van der Waals surface area (Å²) in [5.41, 5.74) is 3.75. The van der Waals surface area contributed by atoms with Gasteiger partial charge in [0.2, 0.25) is 15.9 Å². The van der Waals surface area contributed by atoms with Crippen LogP contribution in [-0.2, 0) is 21.0 Å². The number of nitrogens with two attached hydrogens (primary N) is 1. The topological polar surface area (TPSA) is 101 Å². The van der Waals surface area contributed by atoms with Crippen molar-refractivity contribution in [2.45, 2.75) is 49.3 Å². The number of carbonyl (C=O) groups excluding carboxylic acids is 1. The maximum Gasteiger partial charge on any atom is 0.417 e. The molecule has 2 atom stereocenters. The molecule has 4 N–H and O–H groups in total. The minimum atomic E-state index is -4.83. The van der Waals surface area contributed by atoms with Gasteiger partial charge in [-0.1, -0.05) is 12.1 Å². The summed E-state index contributed by atoms with van der Waals surface area (Å²) < 4.78 is 65.9. The Balaban J connectivity index is 2.18. The van der Waals surface area contributed by atoms with E-state index < -0.39 is 44.1 Å². The second-order valence-corrected chi connectivity index (χ2v) is 8.40. The van der Waals surface area contributed by atoms with Gasteiger partial charge in [0.1, 0.15) is 0 Å². The average Bonchev–Trinajstić information content (AvgIpc) is 3.38. The van der Waals surface area contributed by atoms with E-state index >= 15 is 0 Å². The minimum Gasteiger partial charge on any atom is -0.348 e. The van der Waals surface area contributed by atoms with E-state index in [-0.39, 0.29) is 12.5 Å². The van der Waals surface area contributed by atoms with Gasteiger partial charge in [0.25, 0.3) is 0 Å². The highest BCUT2D eigenvalue weighted by molar-refractivity contribution is 7.89. The van der Waals surface area contributed by atoms with E-state index in [0.29, 0.717) is 6.07 Å². The van der Waals surface area contributed by atoms with Crippen LogP contribution in [0.3, 0.4) is 0 Å². The number of halogens is 3. The molecule has 0 bridgehead atoms. The highest BCUT2D eigenvalue weighted by Gasteiger charge is 2.43. The number of sulfonamides is 1. The normalized spacial score (nSPS) is 18.8. The second kappa shape index (κ2) is 7.16. The van der Waals surface area contributed by atoms with Crippen molar-refractivity contribution >= 4 is 15.9 Å². The summed E-state index contributed by atoms with van der Waals surface area (Å²) in [6.45, 7) is 3.22. The molecule has 10 heteroatoms. The molecule has 0 aromatic heterocycles. The smallest absolute Gasteiger partial charge is 0.348 e. The molecule has 1 saturated carbocycles. The van der Waals surface area contributed by atoms with Crippen molar-refractivity contribution in [3.8, 4) is 0 Å². The molecular formula is C16H22F3N3O3S. The molecule has 1 aromatic rings. The predicted molar refractivity (Wildman–Crippen MR) is 89.6 cm³/mol. The Labute approximate surface area is 150 Å². The minimum absolute atomic E-state index is 0.180. The number of alkyl halides is 3. The van der Waals surface area contributed by atoms with Gasteiger partial charge in [-0.2, -0.15) is 17.9 Å². The van der Waals surface area contributed by atoms with E-state index in [1.807, 2.05) is 4.72 Å². The highest BCUT2D eigenvalue weighted by Crippen LogP contribution is 2.39. The molecule has 0 spiro atoms. The van der Waals surface area contributed by atoms with Gasteiger partial charge in [0, 0.05) is 6.54 Å². The highest BCUT2D eigenvalue weighted by atomic mass is 32.2. The summed E-state index contributed by atoms with van der Waals surface area (Å²) in [6, 6.07) is 2.56. The van der Waals surface area contributed by atoms with E-state index in [1.165, 1.54) is 13.0 Å². The van der Waals surface area contributed by atoms with Gasteiger partial charge in [0.15, 0.2) is 0 Å². The van der Waals surface area contributed by atoms with Gasteiger partial charge in [0.05, 0.1) is 22.0 Å². The SMILES string of the molecule is CC(NS(=O)(=O)c1ccccc1C(F)(F)F)C(=O)NC(C)(CN)C1CC1. The first-order valence-corrected chi connectivity index (χ1v) is 9.59.